The lowest BCUT2D eigenvalue weighted by Gasteiger charge is -2.40. The molecule has 4 nitrogen and oxygen atoms in total. The molecule has 1 unspecified atom stereocenters. The van der Waals surface area contributed by atoms with E-state index in [0.29, 0.717) is 6.67 Å². The van der Waals surface area contributed by atoms with Gasteiger partial charge in [0.15, 0.2) is 6.67 Å². The van der Waals surface area contributed by atoms with Crippen LogP contribution >= 0.6 is 0 Å². The molecule has 0 saturated carbocycles. The Morgan fingerprint density at radius 1 is 1.35 bits per heavy atom. The average molecular weight is 241 g/mol. The Bertz CT molecular complexity index is 342. The molecule has 0 fully saturated rings. The number of nitrogens with zero attached hydrogens (tertiary/aromatic N) is 2. The summed E-state index contributed by atoms with van der Waals surface area (Å²) < 4.78 is -0.0619. The molecule has 1 amide bonds. The number of rotatable bonds is 2. The smallest absolute Gasteiger partial charge is 0.435 e. The van der Waals surface area contributed by atoms with Crippen molar-refractivity contribution in [1.29, 1.82) is 0 Å². The fourth-order valence-electron chi connectivity index (χ4n) is 2.56. The fourth-order valence-corrected chi connectivity index (χ4v) is 2.56. The summed E-state index contributed by atoms with van der Waals surface area (Å²) in [7, 11) is 1.71. The van der Waals surface area contributed by atoms with Crippen molar-refractivity contribution in [3.8, 4) is 0 Å². The van der Waals surface area contributed by atoms with Crippen LogP contribution in [0.15, 0.2) is 12.4 Å². The molecule has 1 aliphatic heterocycles. The van der Waals surface area contributed by atoms with E-state index in [1.165, 1.54) is 0 Å². The van der Waals surface area contributed by atoms with Crippen molar-refractivity contribution < 1.29 is 14.4 Å². The molecule has 4 heteroatoms. The Balaban J connectivity index is 2.78. The van der Waals surface area contributed by atoms with Gasteiger partial charge in [0.25, 0.3) is 0 Å². The summed E-state index contributed by atoms with van der Waals surface area (Å²) in [4.78, 5) is 13.3. The highest BCUT2D eigenvalue weighted by atomic mass is 16.4. The van der Waals surface area contributed by atoms with Crippen LogP contribution in [0.2, 0.25) is 0 Å². The number of hydrogen-bond donors (Lipinski definition) is 1. The van der Waals surface area contributed by atoms with Crippen LogP contribution < -0.4 is 0 Å². The minimum atomic E-state index is -0.810. The molecule has 1 rings (SSSR count). The Kier molecular flexibility index (Phi) is 3.32. The highest BCUT2D eigenvalue weighted by molar-refractivity contribution is 5.57. The van der Waals surface area contributed by atoms with Gasteiger partial charge in [-0.15, -0.1) is 0 Å². The van der Waals surface area contributed by atoms with Crippen molar-refractivity contribution in [2.75, 3.05) is 13.7 Å². The lowest BCUT2D eigenvalue weighted by molar-refractivity contribution is -0.787. The maximum atomic E-state index is 11.2. The number of carbonyl (C=O) groups is 1. The zero-order valence-electron chi connectivity index (χ0n) is 11.8. The predicted octanol–water partition coefficient (Wildman–Crippen LogP) is 3.07. The molecular formula is C13H25N2O2+. The zero-order valence-corrected chi connectivity index (χ0v) is 11.8. The summed E-state index contributed by atoms with van der Waals surface area (Å²) >= 11 is 0. The molecular weight excluding hydrogens is 216 g/mol. The molecule has 0 aliphatic carbocycles. The van der Waals surface area contributed by atoms with Crippen LogP contribution in [0, 0.1) is 5.41 Å². The van der Waals surface area contributed by atoms with Gasteiger partial charge < -0.3 is 10.0 Å². The van der Waals surface area contributed by atoms with Crippen LogP contribution in [0.25, 0.3) is 0 Å². The standard InChI is InChI=1S/C13H24N2O2/c1-12(2,3)9-13(4,5)14-7-8-15(6,10-14)11(16)17/h7-8H,9-10H2,1-6H3/p+1. The van der Waals surface area contributed by atoms with Gasteiger partial charge in [-0.1, -0.05) is 20.8 Å². The molecule has 17 heavy (non-hydrogen) atoms. The van der Waals surface area contributed by atoms with E-state index in [0.717, 1.165) is 6.42 Å². The summed E-state index contributed by atoms with van der Waals surface area (Å²) in [6.45, 7) is 11.5. The average Bonchev–Trinajstić information content (AvgIpc) is 2.45. The monoisotopic (exact) mass is 241 g/mol. The van der Waals surface area contributed by atoms with Crippen molar-refractivity contribution >= 4 is 6.09 Å². The maximum Gasteiger partial charge on any atom is 0.519 e. The summed E-state index contributed by atoms with van der Waals surface area (Å²) in [6.07, 6.45) is 3.87. The third-order valence-electron chi connectivity index (χ3n) is 3.20. The molecule has 0 aromatic carbocycles. The van der Waals surface area contributed by atoms with Gasteiger partial charge >= 0.3 is 6.09 Å². The molecule has 1 heterocycles. The van der Waals surface area contributed by atoms with Crippen molar-refractivity contribution in [2.24, 2.45) is 5.41 Å². The van der Waals surface area contributed by atoms with E-state index >= 15 is 0 Å². The fraction of sp³-hybridized carbons (Fsp3) is 0.769. The first-order chi connectivity index (χ1) is 7.46. The van der Waals surface area contributed by atoms with Gasteiger partial charge in [0.1, 0.15) is 6.20 Å². The largest absolute Gasteiger partial charge is 0.519 e. The number of quaternary nitrogens is 1. The van der Waals surface area contributed by atoms with E-state index in [2.05, 4.69) is 39.5 Å². The Morgan fingerprint density at radius 2 is 1.88 bits per heavy atom. The lowest BCUT2D eigenvalue weighted by Crippen LogP contribution is -2.51. The second kappa shape index (κ2) is 4.02. The van der Waals surface area contributed by atoms with E-state index in [1.54, 1.807) is 13.2 Å². The van der Waals surface area contributed by atoms with Gasteiger partial charge in [-0.3, -0.25) is 0 Å². The number of hydrogen-bond acceptors (Lipinski definition) is 2. The molecule has 0 aromatic rings. The highest BCUT2D eigenvalue weighted by Crippen LogP contribution is 2.34. The Morgan fingerprint density at radius 3 is 2.24 bits per heavy atom. The Labute approximate surface area is 104 Å². The summed E-state index contributed by atoms with van der Waals surface area (Å²) in [5.41, 5.74) is 0.201. The number of carboxylic acid groups (broad SMARTS) is 1. The summed E-state index contributed by atoms with van der Waals surface area (Å²) in [6, 6.07) is 0. The normalized spacial score (nSPS) is 25.4. The first-order valence-electron chi connectivity index (χ1n) is 6.01. The molecule has 1 atom stereocenters. The van der Waals surface area contributed by atoms with Crippen molar-refractivity contribution in [1.82, 2.24) is 4.90 Å². The van der Waals surface area contributed by atoms with Crippen LogP contribution in [-0.4, -0.2) is 39.8 Å². The molecule has 0 saturated heterocycles. The quantitative estimate of drug-likeness (QED) is 0.755. The molecule has 0 bridgehead atoms. The first-order valence-corrected chi connectivity index (χ1v) is 6.01. The van der Waals surface area contributed by atoms with Gasteiger partial charge in [0.2, 0.25) is 0 Å². The van der Waals surface area contributed by atoms with E-state index in [-0.39, 0.29) is 15.4 Å². The highest BCUT2D eigenvalue weighted by Gasteiger charge is 2.42. The van der Waals surface area contributed by atoms with E-state index in [9.17, 15) is 9.90 Å². The van der Waals surface area contributed by atoms with E-state index < -0.39 is 6.09 Å². The SMILES string of the molecule is CC(C)(C)CC(C)(C)N1C=C[N+](C)(C(=O)O)C1. The van der Waals surface area contributed by atoms with Crippen molar-refractivity contribution in [3.05, 3.63) is 12.4 Å². The lowest BCUT2D eigenvalue weighted by atomic mass is 9.81. The molecule has 0 spiro atoms. The van der Waals surface area contributed by atoms with Crippen molar-refractivity contribution in [2.45, 2.75) is 46.6 Å². The minimum Gasteiger partial charge on any atom is -0.435 e. The number of amides is 1. The van der Waals surface area contributed by atoms with Crippen LogP contribution in [0.4, 0.5) is 4.79 Å². The summed E-state index contributed by atoms with van der Waals surface area (Å²) in [5, 5.41) is 9.18. The van der Waals surface area contributed by atoms with E-state index in [4.69, 9.17) is 0 Å². The molecule has 1 N–H and O–H groups in total. The molecule has 1 aliphatic rings. The Hall–Kier alpha value is -1.03. The third kappa shape index (κ3) is 3.22. The van der Waals surface area contributed by atoms with Crippen LogP contribution in [-0.2, 0) is 0 Å². The second-order valence-electron chi connectivity index (χ2n) is 7.01. The van der Waals surface area contributed by atoms with Crippen molar-refractivity contribution in [3.63, 3.8) is 0 Å². The van der Waals surface area contributed by atoms with Gasteiger partial charge in [0, 0.05) is 5.54 Å². The predicted molar refractivity (Wildman–Crippen MR) is 68.2 cm³/mol. The van der Waals surface area contributed by atoms with E-state index in [1.807, 2.05) is 6.20 Å². The topological polar surface area (TPSA) is 40.5 Å². The van der Waals surface area contributed by atoms with Gasteiger partial charge in [-0.05, 0) is 25.7 Å². The minimum absolute atomic E-state index is 0.0276. The van der Waals surface area contributed by atoms with Crippen LogP contribution in [0.5, 0.6) is 0 Å². The molecule has 98 valence electrons. The summed E-state index contributed by atoms with van der Waals surface area (Å²) in [5.74, 6) is 0. The molecule has 0 radical (unpaired) electrons. The second-order valence-corrected chi connectivity index (χ2v) is 7.01. The maximum absolute atomic E-state index is 11.2. The van der Waals surface area contributed by atoms with Gasteiger partial charge in [0.05, 0.1) is 13.2 Å². The third-order valence-corrected chi connectivity index (χ3v) is 3.20. The molecule has 0 aromatic heterocycles. The van der Waals surface area contributed by atoms with Gasteiger partial charge in [-0.25, -0.2) is 0 Å². The first kappa shape index (κ1) is 14.0. The van der Waals surface area contributed by atoms with Crippen LogP contribution in [0.1, 0.15) is 41.0 Å². The zero-order chi connectivity index (χ0) is 13.5. The van der Waals surface area contributed by atoms with Gasteiger partial charge in [-0.2, -0.15) is 9.28 Å². The van der Waals surface area contributed by atoms with Crippen LogP contribution in [0.3, 0.4) is 0 Å².